The lowest BCUT2D eigenvalue weighted by Gasteiger charge is -2.27. The maximum Gasteiger partial charge on any atom is 0.234 e. The molecule has 138 valence electrons. The number of hydrogen-bond donors (Lipinski definition) is 1. The molecule has 1 amide bonds. The second-order valence-corrected chi connectivity index (χ2v) is 7.04. The number of rotatable bonds is 4. The summed E-state index contributed by atoms with van der Waals surface area (Å²) in [7, 11) is 0. The number of aryl methyl sites for hydroxylation is 1. The molecule has 0 atom stereocenters. The van der Waals surface area contributed by atoms with E-state index in [2.05, 4.69) is 30.0 Å². The molecule has 25 heavy (non-hydrogen) atoms. The minimum absolute atomic E-state index is 0.0935. The molecule has 1 aromatic carbocycles. The zero-order valence-corrected chi connectivity index (χ0v) is 16.3. The molecule has 1 N–H and O–H groups in total. The van der Waals surface area contributed by atoms with Gasteiger partial charge < -0.3 is 15.0 Å². The van der Waals surface area contributed by atoms with E-state index in [0.29, 0.717) is 5.17 Å². The highest BCUT2D eigenvalue weighted by Crippen LogP contribution is 2.31. The lowest BCUT2D eigenvalue weighted by molar-refractivity contribution is -0.115. The third-order valence-corrected chi connectivity index (χ3v) is 5.59. The lowest BCUT2D eigenvalue weighted by Crippen LogP contribution is -2.32. The molecule has 1 saturated heterocycles. The van der Waals surface area contributed by atoms with Crippen molar-refractivity contribution in [3.05, 3.63) is 23.8 Å². The Kier molecular flexibility index (Phi) is 6.99. The van der Waals surface area contributed by atoms with Crippen LogP contribution < -0.4 is 9.21 Å². The molecule has 1 aliphatic rings. The summed E-state index contributed by atoms with van der Waals surface area (Å²) in [4.78, 5) is 16.5. The fourth-order valence-corrected chi connectivity index (χ4v) is 3.99. The van der Waals surface area contributed by atoms with E-state index in [-0.39, 0.29) is 5.91 Å². The SMILES string of the molecule is CCN(CC)c1ccc(N(S/C(=N\O)N2CCCC2)C(C)=O)c(C)c1. The molecule has 0 spiro atoms. The topological polar surface area (TPSA) is 59.4 Å². The highest BCUT2D eigenvalue weighted by Gasteiger charge is 2.24. The Morgan fingerprint density at radius 2 is 1.92 bits per heavy atom. The third-order valence-electron chi connectivity index (χ3n) is 4.45. The third kappa shape index (κ3) is 4.60. The Labute approximate surface area is 154 Å². The molecule has 0 aromatic heterocycles. The summed E-state index contributed by atoms with van der Waals surface area (Å²) in [5.74, 6) is -0.0935. The molecule has 0 bridgehead atoms. The maximum absolute atomic E-state index is 12.2. The van der Waals surface area contributed by atoms with Crippen molar-refractivity contribution in [1.29, 1.82) is 0 Å². The van der Waals surface area contributed by atoms with E-state index < -0.39 is 0 Å². The molecule has 1 heterocycles. The number of anilines is 2. The van der Waals surface area contributed by atoms with Crippen LogP contribution in [0.5, 0.6) is 0 Å². The number of amidine groups is 1. The van der Waals surface area contributed by atoms with Gasteiger partial charge in [-0.2, -0.15) is 0 Å². The summed E-state index contributed by atoms with van der Waals surface area (Å²) in [5, 5.41) is 13.3. The lowest BCUT2D eigenvalue weighted by atomic mass is 10.1. The standard InChI is InChI=1S/C18H28N4O2S/c1-5-20(6-2)16-9-10-17(14(3)13-16)22(15(4)23)25-18(19-24)21-11-7-8-12-21/h9-10,13,24H,5-8,11-12H2,1-4H3/b19-18-. The molecule has 1 fully saturated rings. The van der Waals surface area contributed by atoms with Gasteiger partial charge in [0.1, 0.15) is 0 Å². The smallest absolute Gasteiger partial charge is 0.234 e. The van der Waals surface area contributed by atoms with Crippen LogP contribution in [0.3, 0.4) is 0 Å². The first-order valence-corrected chi connectivity index (χ1v) is 9.60. The molecule has 0 saturated carbocycles. The monoisotopic (exact) mass is 364 g/mol. The zero-order chi connectivity index (χ0) is 18.4. The summed E-state index contributed by atoms with van der Waals surface area (Å²) < 4.78 is 1.61. The maximum atomic E-state index is 12.2. The Hall–Kier alpha value is -1.89. The molecule has 7 heteroatoms. The highest BCUT2D eigenvalue weighted by atomic mass is 32.2. The average Bonchev–Trinajstić information content (AvgIpc) is 3.12. The molecule has 0 radical (unpaired) electrons. The van der Waals surface area contributed by atoms with Crippen molar-refractivity contribution in [2.24, 2.45) is 5.16 Å². The minimum Gasteiger partial charge on any atom is -0.409 e. The molecular weight excluding hydrogens is 336 g/mol. The van der Waals surface area contributed by atoms with Crippen molar-refractivity contribution >= 4 is 34.4 Å². The summed E-state index contributed by atoms with van der Waals surface area (Å²) in [6.07, 6.45) is 2.16. The Morgan fingerprint density at radius 1 is 1.28 bits per heavy atom. The van der Waals surface area contributed by atoms with Gasteiger partial charge in [-0.3, -0.25) is 4.79 Å². The number of carbonyl (C=O) groups is 1. The van der Waals surface area contributed by atoms with Crippen LogP contribution in [0.2, 0.25) is 0 Å². The fourth-order valence-electron chi connectivity index (χ4n) is 3.07. The summed E-state index contributed by atoms with van der Waals surface area (Å²) >= 11 is 1.18. The van der Waals surface area contributed by atoms with Crippen LogP contribution >= 0.6 is 11.9 Å². The minimum atomic E-state index is -0.0935. The molecule has 0 aliphatic carbocycles. The van der Waals surface area contributed by atoms with Gasteiger partial charge in [0.2, 0.25) is 11.1 Å². The van der Waals surface area contributed by atoms with E-state index in [4.69, 9.17) is 0 Å². The van der Waals surface area contributed by atoms with Crippen molar-refractivity contribution in [1.82, 2.24) is 4.90 Å². The molecule has 6 nitrogen and oxygen atoms in total. The van der Waals surface area contributed by atoms with Crippen LogP contribution in [0.25, 0.3) is 0 Å². The van der Waals surface area contributed by atoms with E-state index in [1.165, 1.54) is 18.9 Å². The average molecular weight is 365 g/mol. The fraction of sp³-hybridized carbons (Fsp3) is 0.556. The van der Waals surface area contributed by atoms with E-state index >= 15 is 0 Å². The second kappa shape index (κ2) is 8.99. The van der Waals surface area contributed by atoms with Crippen LogP contribution in [0.15, 0.2) is 23.4 Å². The first-order valence-electron chi connectivity index (χ1n) is 8.83. The summed E-state index contributed by atoms with van der Waals surface area (Å²) in [6.45, 7) is 11.4. The van der Waals surface area contributed by atoms with Crippen molar-refractivity contribution in [2.45, 2.75) is 40.5 Å². The van der Waals surface area contributed by atoms with Gasteiger partial charge in [-0.25, -0.2) is 4.31 Å². The van der Waals surface area contributed by atoms with Crippen LogP contribution in [0, 0.1) is 6.92 Å². The van der Waals surface area contributed by atoms with Gasteiger partial charge in [0.25, 0.3) is 0 Å². The predicted molar refractivity (Wildman–Crippen MR) is 106 cm³/mol. The highest BCUT2D eigenvalue weighted by molar-refractivity contribution is 8.15. The van der Waals surface area contributed by atoms with Gasteiger partial charge in [-0.05, 0) is 57.4 Å². The van der Waals surface area contributed by atoms with Crippen molar-refractivity contribution < 1.29 is 10.0 Å². The number of hydrogen-bond acceptors (Lipinski definition) is 5. The summed E-state index contributed by atoms with van der Waals surface area (Å²) in [6, 6.07) is 6.11. The number of carbonyl (C=O) groups excluding carboxylic acids is 1. The Bertz CT molecular complexity index is 626. The van der Waals surface area contributed by atoms with Crippen molar-refractivity contribution in [3.8, 4) is 0 Å². The summed E-state index contributed by atoms with van der Waals surface area (Å²) in [5.41, 5.74) is 3.00. The Balaban J connectivity index is 2.26. The van der Waals surface area contributed by atoms with Gasteiger partial charge in [0.05, 0.1) is 5.69 Å². The Morgan fingerprint density at radius 3 is 2.40 bits per heavy atom. The van der Waals surface area contributed by atoms with Gasteiger partial charge in [0.15, 0.2) is 0 Å². The van der Waals surface area contributed by atoms with Crippen LogP contribution in [0.1, 0.15) is 39.2 Å². The second-order valence-electron chi connectivity index (χ2n) is 6.12. The number of amides is 1. The van der Waals surface area contributed by atoms with Crippen LogP contribution in [0.4, 0.5) is 11.4 Å². The normalized spacial score (nSPS) is 14.7. The van der Waals surface area contributed by atoms with E-state index in [1.54, 1.807) is 4.31 Å². The number of benzene rings is 1. The largest absolute Gasteiger partial charge is 0.409 e. The molecular formula is C18H28N4O2S. The zero-order valence-electron chi connectivity index (χ0n) is 15.5. The molecule has 0 unspecified atom stereocenters. The van der Waals surface area contributed by atoms with Crippen LogP contribution in [-0.4, -0.2) is 47.4 Å². The van der Waals surface area contributed by atoms with E-state index in [9.17, 15) is 10.0 Å². The van der Waals surface area contributed by atoms with Crippen LogP contribution in [-0.2, 0) is 4.79 Å². The van der Waals surface area contributed by atoms with Crippen molar-refractivity contribution in [2.75, 3.05) is 35.4 Å². The number of likely N-dealkylation sites (tertiary alicyclic amines) is 1. The van der Waals surface area contributed by atoms with Gasteiger partial charge in [0, 0.05) is 50.7 Å². The predicted octanol–water partition coefficient (Wildman–Crippen LogP) is 3.68. The van der Waals surface area contributed by atoms with E-state index in [0.717, 1.165) is 56.0 Å². The van der Waals surface area contributed by atoms with Gasteiger partial charge in [-0.15, -0.1) is 0 Å². The molecule has 1 aliphatic heterocycles. The number of oxime groups is 1. The van der Waals surface area contributed by atoms with E-state index in [1.807, 2.05) is 24.0 Å². The quantitative estimate of drug-likeness (QED) is 0.290. The molecule has 2 rings (SSSR count). The number of nitrogens with zero attached hydrogens (tertiary/aromatic N) is 4. The van der Waals surface area contributed by atoms with Crippen molar-refractivity contribution in [3.63, 3.8) is 0 Å². The first kappa shape index (κ1) is 19.4. The van der Waals surface area contributed by atoms with Gasteiger partial charge >= 0.3 is 0 Å². The van der Waals surface area contributed by atoms with Gasteiger partial charge in [-0.1, -0.05) is 5.16 Å². The molecule has 1 aromatic rings. The first-order chi connectivity index (χ1) is 12.0.